The van der Waals surface area contributed by atoms with Crippen molar-refractivity contribution in [3.63, 3.8) is 0 Å². The Morgan fingerprint density at radius 3 is 2.28 bits per heavy atom. The van der Waals surface area contributed by atoms with Crippen LogP contribution < -0.4 is 4.74 Å². The first kappa shape index (κ1) is 17.5. The van der Waals surface area contributed by atoms with Gasteiger partial charge in [0.05, 0.1) is 13.5 Å². The van der Waals surface area contributed by atoms with Crippen LogP contribution in [-0.2, 0) is 16.0 Å². The first-order valence-corrected chi connectivity index (χ1v) is 9.06. The Balaban J connectivity index is 1.50. The third kappa shape index (κ3) is 4.41. The van der Waals surface area contributed by atoms with Crippen LogP contribution in [0.15, 0.2) is 35.9 Å². The maximum atomic E-state index is 12.5. The summed E-state index contributed by atoms with van der Waals surface area (Å²) in [5.41, 5.74) is 1.95. The topological polar surface area (TPSA) is 49.9 Å². The van der Waals surface area contributed by atoms with E-state index in [1.165, 1.54) is 6.42 Å². The SMILES string of the molecule is COc1ccc(CC(=O)N2CCN(C(=O)C3=CCCCC3)CC2)cc1. The molecule has 134 valence electrons. The molecule has 1 aromatic rings. The highest BCUT2D eigenvalue weighted by Gasteiger charge is 2.26. The van der Waals surface area contributed by atoms with Crippen molar-refractivity contribution in [3.8, 4) is 5.75 Å². The Kier molecular flexibility index (Phi) is 5.74. The number of benzene rings is 1. The molecule has 2 amide bonds. The van der Waals surface area contributed by atoms with Crippen LogP contribution in [0.4, 0.5) is 0 Å². The van der Waals surface area contributed by atoms with Gasteiger partial charge in [0.2, 0.25) is 11.8 Å². The highest BCUT2D eigenvalue weighted by atomic mass is 16.5. The van der Waals surface area contributed by atoms with E-state index in [1.54, 1.807) is 7.11 Å². The molecular weight excluding hydrogens is 316 g/mol. The largest absolute Gasteiger partial charge is 0.497 e. The number of nitrogens with zero attached hydrogens (tertiary/aromatic N) is 2. The number of methoxy groups -OCH3 is 1. The second kappa shape index (κ2) is 8.19. The summed E-state index contributed by atoms with van der Waals surface area (Å²) in [5, 5.41) is 0. The predicted octanol–water partition coefficient (Wildman–Crippen LogP) is 2.41. The van der Waals surface area contributed by atoms with Gasteiger partial charge in [0, 0.05) is 31.8 Å². The zero-order valence-electron chi connectivity index (χ0n) is 14.9. The molecule has 1 saturated heterocycles. The molecule has 25 heavy (non-hydrogen) atoms. The first-order chi connectivity index (χ1) is 12.2. The third-order valence-electron chi connectivity index (χ3n) is 5.00. The van der Waals surface area contributed by atoms with Crippen LogP contribution in [0.3, 0.4) is 0 Å². The Hall–Kier alpha value is -2.30. The normalized spacial score (nSPS) is 17.9. The first-order valence-electron chi connectivity index (χ1n) is 9.06. The lowest BCUT2D eigenvalue weighted by atomic mass is 9.98. The van der Waals surface area contributed by atoms with E-state index in [2.05, 4.69) is 6.08 Å². The summed E-state index contributed by atoms with van der Waals surface area (Å²) in [6.45, 7) is 2.50. The molecule has 0 bridgehead atoms. The zero-order chi connectivity index (χ0) is 17.6. The molecule has 1 heterocycles. The quantitative estimate of drug-likeness (QED) is 0.844. The summed E-state index contributed by atoms with van der Waals surface area (Å²) in [7, 11) is 1.63. The predicted molar refractivity (Wildman–Crippen MR) is 96.4 cm³/mol. The molecule has 0 aromatic heterocycles. The van der Waals surface area contributed by atoms with Crippen molar-refractivity contribution in [2.24, 2.45) is 0 Å². The lowest BCUT2D eigenvalue weighted by molar-refractivity contribution is -0.137. The number of allylic oxidation sites excluding steroid dienone is 1. The molecule has 5 heteroatoms. The van der Waals surface area contributed by atoms with E-state index in [9.17, 15) is 9.59 Å². The van der Waals surface area contributed by atoms with E-state index in [1.807, 2.05) is 34.1 Å². The zero-order valence-corrected chi connectivity index (χ0v) is 14.9. The van der Waals surface area contributed by atoms with E-state index >= 15 is 0 Å². The van der Waals surface area contributed by atoms with Crippen molar-refractivity contribution < 1.29 is 14.3 Å². The molecule has 1 aromatic carbocycles. The van der Waals surface area contributed by atoms with E-state index < -0.39 is 0 Å². The fraction of sp³-hybridized carbons (Fsp3) is 0.500. The molecule has 0 atom stereocenters. The molecule has 2 aliphatic rings. The second-order valence-corrected chi connectivity index (χ2v) is 6.67. The lowest BCUT2D eigenvalue weighted by Crippen LogP contribution is -2.51. The summed E-state index contributed by atoms with van der Waals surface area (Å²) in [4.78, 5) is 28.8. The van der Waals surface area contributed by atoms with Crippen LogP contribution in [0.2, 0.25) is 0 Å². The number of piperazine rings is 1. The number of amides is 2. The van der Waals surface area contributed by atoms with Crippen molar-refractivity contribution in [2.45, 2.75) is 32.1 Å². The van der Waals surface area contributed by atoms with Crippen LogP contribution in [0.1, 0.15) is 31.2 Å². The number of hydrogen-bond donors (Lipinski definition) is 0. The summed E-state index contributed by atoms with van der Waals surface area (Å²) in [6.07, 6.45) is 6.69. The van der Waals surface area contributed by atoms with E-state index in [-0.39, 0.29) is 11.8 Å². The summed E-state index contributed by atoms with van der Waals surface area (Å²) < 4.78 is 5.14. The van der Waals surface area contributed by atoms with E-state index in [4.69, 9.17) is 4.74 Å². The lowest BCUT2D eigenvalue weighted by Gasteiger charge is -2.35. The Morgan fingerprint density at radius 2 is 1.68 bits per heavy atom. The van der Waals surface area contributed by atoms with Crippen LogP contribution in [-0.4, -0.2) is 54.9 Å². The molecule has 1 aliphatic carbocycles. The molecule has 1 aliphatic heterocycles. The standard InChI is InChI=1S/C20H26N2O3/c1-25-18-9-7-16(8-10-18)15-19(23)21-11-13-22(14-12-21)20(24)17-5-3-2-4-6-17/h5,7-10H,2-4,6,11-15H2,1H3. The Morgan fingerprint density at radius 1 is 1.00 bits per heavy atom. The van der Waals surface area contributed by atoms with Gasteiger partial charge in [0.25, 0.3) is 0 Å². The minimum absolute atomic E-state index is 0.120. The van der Waals surface area contributed by atoms with Crippen LogP contribution in [0, 0.1) is 0 Å². The maximum absolute atomic E-state index is 12.5. The van der Waals surface area contributed by atoms with Gasteiger partial charge in [-0.2, -0.15) is 0 Å². The molecule has 3 rings (SSSR count). The Labute approximate surface area is 149 Å². The van der Waals surface area contributed by atoms with Gasteiger partial charge in [0.1, 0.15) is 5.75 Å². The summed E-state index contributed by atoms with van der Waals surface area (Å²) in [5.74, 6) is 1.08. The molecule has 0 saturated carbocycles. The van der Waals surface area contributed by atoms with Crippen molar-refractivity contribution in [3.05, 3.63) is 41.5 Å². The van der Waals surface area contributed by atoms with Crippen molar-refractivity contribution in [1.29, 1.82) is 0 Å². The van der Waals surface area contributed by atoms with E-state index in [0.29, 0.717) is 32.6 Å². The van der Waals surface area contributed by atoms with Gasteiger partial charge < -0.3 is 14.5 Å². The molecule has 0 N–H and O–H groups in total. The summed E-state index contributed by atoms with van der Waals surface area (Å²) in [6, 6.07) is 7.59. The van der Waals surface area contributed by atoms with Crippen LogP contribution in [0.25, 0.3) is 0 Å². The highest BCUT2D eigenvalue weighted by Crippen LogP contribution is 2.20. The number of rotatable bonds is 4. The van der Waals surface area contributed by atoms with Gasteiger partial charge in [0.15, 0.2) is 0 Å². The minimum Gasteiger partial charge on any atom is -0.497 e. The molecule has 5 nitrogen and oxygen atoms in total. The van der Waals surface area contributed by atoms with Crippen LogP contribution in [0.5, 0.6) is 5.75 Å². The number of carbonyl (C=O) groups excluding carboxylic acids is 2. The van der Waals surface area contributed by atoms with Gasteiger partial charge in [-0.1, -0.05) is 18.2 Å². The van der Waals surface area contributed by atoms with Crippen LogP contribution >= 0.6 is 0 Å². The fourth-order valence-electron chi connectivity index (χ4n) is 3.42. The monoisotopic (exact) mass is 342 g/mol. The molecule has 0 spiro atoms. The minimum atomic E-state index is 0.120. The molecule has 1 fully saturated rings. The smallest absolute Gasteiger partial charge is 0.249 e. The number of carbonyl (C=O) groups is 2. The molecule has 0 unspecified atom stereocenters. The van der Waals surface area contributed by atoms with Gasteiger partial charge in [-0.05, 0) is 43.4 Å². The molecular formula is C20H26N2O3. The highest BCUT2D eigenvalue weighted by molar-refractivity contribution is 5.93. The number of hydrogen-bond acceptors (Lipinski definition) is 3. The third-order valence-corrected chi connectivity index (χ3v) is 5.00. The Bertz CT molecular complexity index is 643. The number of ether oxygens (including phenoxy) is 1. The van der Waals surface area contributed by atoms with Gasteiger partial charge in [-0.25, -0.2) is 0 Å². The van der Waals surface area contributed by atoms with Gasteiger partial charge in [-0.3, -0.25) is 9.59 Å². The van der Waals surface area contributed by atoms with Crippen molar-refractivity contribution in [2.75, 3.05) is 33.3 Å². The van der Waals surface area contributed by atoms with Gasteiger partial charge in [-0.15, -0.1) is 0 Å². The average molecular weight is 342 g/mol. The van der Waals surface area contributed by atoms with Crippen molar-refractivity contribution in [1.82, 2.24) is 9.80 Å². The maximum Gasteiger partial charge on any atom is 0.249 e. The average Bonchev–Trinajstić information content (AvgIpc) is 2.69. The second-order valence-electron chi connectivity index (χ2n) is 6.67. The van der Waals surface area contributed by atoms with E-state index in [0.717, 1.165) is 36.1 Å². The summed E-state index contributed by atoms with van der Waals surface area (Å²) >= 11 is 0. The van der Waals surface area contributed by atoms with Crippen molar-refractivity contribution >= 4 is 11.8 Å². The fourth-order valence-corrected chi connectivity index (χ4v) is 3.42. The molecule has 0 radical (unpaired) electrons. The van der Waals surface area contributed by atoms with Gasteiger partial charge >= 0.3 is 0 Å².